The third kappa shape index (κ3) is 3.67. The lowest BCUT2D eigenvalue weighted by Crippen LogP contribution is -2.50. The Balaban J connectivity index is 1.70. The second kappa shape index (κ2) is 7.62. The van der Waals surface area contributed by atoms with Crippen LogP contribution in [0.5, 0.6) is 0 Å². The Hall–Kier alpha value is -2.14. The van der Waals surface area contributed by atoms with Gasteiger partial charge in [-0.15, -0.1) is 0 Å². The molecular weight excluding hydrogens is 304 g/mol. The molecule has 0 saturated carbocycles. The molecule has 0 bridgehead atoms. The molecule has 2 fully saturated rings. The van der Waals surface area contributed by atoms with Gasteiger partial charge >= 0.3 is 0 Å². The lowest BCUT2D eigenvalue weighted by Gasteiger charge is -2.32. The van der Waals surface area contributed by atoms with Crippen LogP contribution in [0.15, 0.2) is 36.4 Å². The van der Waals surface area contributed by atoms with Gasteiger partial charge in [-0.3, -0.25) is 9.59 Å². The molecule has 5 heteroatoms. The van der Waals surface area contributed by atoms with Crippen molar-refractivity contribution in [2.75, 3.05) is 32.8 Å². The van der Waals surface area contributed by atoms with Crippen LogP contribution >= 0.6 is 0 Å². The number of hydrogen-bond acceptors (Lipinski definition) is 3. The summed E-state index contributed by atoms with van der Waals surface area (Å²) in [7, 11) is 0. The molecule has 0 unspecified atom stereocenters. The van der Waals surface area contributed by atoms with Crippen LogP contribution < -0.4 is 0 Å². The summed E-state index contributed by atoms with van der Waals surface area (Å²) in [6.07, 6.45) is 3.28. The molecule has 2 heterocycles. The Labute approximate surface area is 142 Å². The van der Waals surface area contributed by atoms with E-state index in [4.69, 9.17) is 4.74 Å². The molecule has 2 aliphatic rings. The average Bonchev–Trinajstić information content (AvgIpc) is 3.12. The zero-order valence-electron chi connectivity index (χ0n) is 14.1. The second-order valence-electron chi connectivity index (χ2n) is 6.32. The molecule has 1 aromatic carbocycles. The van der Waals surface area contributed by atoms with Gasteiger partial charge in [-0.05, 0) is 30.9 Å². The van der Waals surface area contributed by atoms with Crippen LogP contribution in [0.25, 0.3) is 5.57 Å². The zero-order valence-corrected chi connectivity index (χ0v) is 14.1. The van der Waals surface area contributed by atoms with Crippen molar-refractivity contribution in [1.82, 2.24) is 9.80 Å². The lowest BCUT2D eigenvalue weighted by molar-refractivity contribution is -0.144. The van der Waals surface area contributed by atoms with Gasteiger partial charge in [0.1, 0.15) is 6.04 Å². The molecule has 0 N–H and O–H groups in total. The van der Waals surface area contributed by atoms with Crippen molar-refractivity contribution in [3.63, 3.8) is 0 Å². The SMILES string of the molecule is C/C(=C\C(=O)N1CCC[C@@H]1C(=O)N1CCOCC1)c1ccccc1. The number of ether oxygens (including phenoxy) is 1. The largest absolute Gasteiger partial charge is 0.378 e. The van der Waals surface area contributed by atoms with Crippen molar-refractivity contribution in [1.29, 1.82) is 0 Å². The monoisotopic (exact) mass is 328 g/mol. The minimum Gasteiger partial charge on any atom is -0.378 e. The molecule has 0 spiro atoms. The van der Waals surface area contributed by atoms with Crippen molar-refractivity contribution in [2.45, 2.75) is 25.8 Å². The van der Waals surface area contributed by atoms with E-state index < -0.39 is 0 Å². The summed E-state index contributed by atoms with van der Waals surface area (Å²) in [5, 5.41) is 0. The van der Waals surface area contributed by atoms with E-state index in [1.807, 2.05) is 42.2 Å². The van der Waals surface area contributed by atoms with Crippen molar-refractivity contribution in [3.8, 4) is 0 Å². The Morgan fingerprint density at radius 3 is 2.54 bits per heavy atom. The van der Waals surface area contributed by atoms with Crippen molar-refractivity contribution >= 4 is 17.4 Å². The third-order valence-corrected chi connectivity index (χ3v) is 4.71. The minimum atomic E-state index is -0.324. The fraction of sp³-hybridized carbons (Fsp3) is 0.474. The maximum Gasteiger partial charge on any atom is 0.247 e. The number of carbonyl (C=O) groups excluding carboxylic acids is 2. The topological polar surface area (TPSA) is 49.9 Å². The van der Waals surface area contributed by atoms with Crippen LogP contribution in [0, 0.1) is 0 Å². The number of morpholine rings is 1. The Bertz CT molecular complexity index is 621. The Morgan fingerprint density at radius 2 is 1.83 bits per heavy atom. The normalized spacial score (nSPS) is 21.9. The molecule has 2 saturated heterocycles. The summed E-state index contributed by atoms with van der Waals surface area (Å²) in [5.41, 5.74) is 1.95. The highest BCUT2D eigenvalue weighted by atomic mass is 16.5. The number of nitrogens with zero attached hydrogens (tertiary/aromatic N) is 2. The fourth-order valence-electron chi connectivity index (χ4n) is 3.33. The lowest BCUT2D eigenvalue weighted by atomic mass is 10.1. The van der Waals surface area contributed by atoms with Gasteiger partial charge in [0.05, 0.1) is 13.2 Å². The van der Waals surface area contributed by atoms with Gasteiger partial charge in [0.25, 0.3) is 0 Å². The Kier molecular flexibility index (Phi) is 5.30. The summed E-state index contributed by atoms with van der Waals surface area (Å²) < 4.78 is 5.30. The van der Waals surface area contributed by atoms with E-state index in [2.05, 4.69) is 0 Å². The average molecular weight is 328 g/mol. The molecule has 1 aromatic rings. The summed E-state index contributed by atoms with van der Waals surface area (Å²) in [6.45, 7) is 4.99. The first kappa shape index (κ1) is 16.7. The predicted octanol–water partition coefficient (Wildman–Crippen LogP) is 1.94. The number of amides is 2. The highest BCUT2D eigenvalue weighted by molar-refractivity contribution is 5.98. The third-order valence-electron chi connectivity index (χ3n) is 4.71. The van der Waals surface area contributed by atoms with E-state index in [9.17, 15) is 9.59 Å². The molecule has 24 heavy (non-hydrogen) atoms. The van der Waals surface area contributed by atoms with Gasteiger partial charge in [-0.1, -0.05) is 30.3 Å². The van der Waals surface area contributed by atoms with Gasteiger partial charge in [0.2, 0.25) is 11.8 Å². The van der Waals surface area contributed by atoms with E-state index in [-0.39, 0.29) is 17.9 Å². The highest BCUT2D eigenvalue weighted by Gasteiger charge is 2.36. The minimum absolute atomic E-state index is 0.0647. The molecule has 0 radical (unpaired) electrons. The number of allylic oxidation sites excluding steroid dienone is 1. The second-order valence-corrected chi connectivity index (χ2v) is 6.32. The molecule has 0 aromatic heterocycles. The number of rotatable bonds is 3. The van der Waals surface area contributed by atoms with Crippen LogP contribution in [0.1, 0.15) is 25.3 Å². The van der Waals surface area contributed by atoms with E-state index in [1.54, 1.807) is 11.0 Å². The van der Waals surface area contributed by atoms with Crippen molar-refractivity contribution in [3.05, 3.63) is 42.0 Å². The highest BCUT2D eigenvalue weighted by Crippen LogP contribution is 2.22. The molecule has 3 rings (SSSR count). The number of likely N-dealkylation sites (tertiary alicyclic amines) is 1. The van der Waals surface area contributed by atoms with E-state index >= 15 is 0 Å². The van der Waals surface area contributed by atoms with Gasteiger partial charge in [0, 0.05) is 25.7 Å². The number of benzene rings is 1. The van der Waals surface area contributed by atoms with Crippen LogP contribution in [-0.4, -0.2) is 60.5 Å². The van der Waals surface area contributed by atoms with Crippen molar-refractivity contribution < 1.29 is 14.3 Å². The molecular formula is C19H24N2O3. The maximum atomic E-state index is 12.7. The van der Waals surface area contributed by atoms with Crippen LogP contribution in [0.4, 0.5) is 0 Å². The van der Waals surface area contributed by atoms with Crippen molar-refractivity contribution in [2.24, 2.45) is 0 Å². The van der Waals surface area contributed by atoms with Gasteiger partial charge in [0.15, 0.2) is 0 Å². The standard InChI is InChI=1S/C19H24N2O3/c1-15(16-6-3-2-4-7-16)14-18(22)21-9-5-8-17(21)19(23)20-10-12-24-13-11-20/h2-4,6-7,14,17H,5,8-13H2,1H3/b15-14+/t17-/m1/s1. The molecule has 2 amide bonds. The number of carbonyl (C=O) groups is 2. The smallest absolute Gasteiger partial charge is 0.247 e. The number of hydrogen-bond donors (Lipinski definition) is 0. The quantitative estimate of drug-likeness (QED) is 0.797. The molecule has 5 nitrogen and oxygen atoms in total. The zero-order chi connectivity index (χ0) is 16.9. The predicted molar refractivity (Wildman–Crippen MR) is 92.2 cm³/mol. The molecule has 0 aliphatic carbocycles. The summed E-state index contributed by atoms with van der Waals surface area (Å²) >= 11 is 0. The van der Waals surface area contributed by atoms with E-state index in [0.29, 0.717) is 32.8 Å². The summed E-state index contributed by atoms with van der Waals surface area (Å²) in [4.78, 5) is 29.0. The van der Waals surface area contributed by atoms with Crippen LogP contribution in [-0.2, 0) is 14.3 Å². The Morgan fingerprint density at radius 1 is 1.12 bits per heavy atom. The van der Waals surface area contributed by atoms with Crippen LogP contribution in [0.2, 0.25) is 0 Å². The van der Waals surface area contributed by atoms with Gasteiger partial charge in [-0.2, -0.15) is 0 Å². The maximum absolute atomic E-state index is 12.7. The van der Waals surface area contributed by atoms with Gasteiger partial charge < -0.3 is 14.5 Å². The first-order valence-electron chi connectivity index (χ1n) is 8.57. The first-order valence-corrected chi connectivity index (χ1v) is 8.57. The molecule has 128 valence electrons. The van der Waals surface area contributed by atoms with E-state index in [1.165, 1.54) is 0 Å². The van der Waals surface area contributed by atoms with Crippen LogP contribution in [0.3, 0.4) is 0 Å². The van der Waals surface area contributed by atoms with Gasteiger partial charge in [-0.25, -0.2) is 0 Å². The summed E-state index contributed by atoms with van der Waals surface area (Å²) in [5.74, 6) is -0.00428. The van der Waals surface area contributed by atoms with E-state index in [0.717, 1.165) is 24.0 Å². The summed E-state index contributed by atoms with van der Waals surface area (Å²) in [6, 6.07) is 9.51. The molecule has 1 atom stereocenters. The fourth-order valence-corrected chi connectivity index (χ4v) is 3.33. The molecule has 2 aliphatic heterocycles. The first-order chi connectivity index (χ1) is 11.7.